The van der Waals surface area contributed by atoms with Gasteiger partial charge in [-0.05, 0) is 43.3 Å². The van der Waals surface area contributed by atoms with Gasteiger partial charge in [-0.2, -0.15) is 16.4 Å². The number of aryl methyl sites for hydroxylation is 1. The number of hydrogen-bond acceptors (Lipinski definition) is 6. The molecule has 2 aromatic heterocycles. The van der Waals surface area contributed by atoms with E-state index in [1.54, 1.807) is 11.3 Å². The van der Waals surface area contributed by atoms with E-state index in [2.05, 4.69) is 15.1 Å². The minimum Gasteiger partial charge on any atom is -0.369 e. The van der Waals surface area contributed by atoms with Crippen LogP contribution in [0.25, 0.3) is 0 Å². The number of piperidine rings is 1. The van der Waals surface area contributed by atoms with E-state index in [1.165, 1.54) is 0 Å². The molecule has 0 radical (unpaired) electrons. The highest BCUT2D eigenvalue weighted by atomic mass is 32.1. The lowest BCUT2D eigenvalue weighted by molar-refractivity contribution is -0.105. The Morgan fingerprint density at radius 2 is 2.16 bits per heavy atom. The number of morpholine rings is 1. The number of anilines is 1. The number of aromatic nitrogens is 2. The maximum absolute atomic E-state index is 12.7. The fourth-order valence-corrected chi connectivity index (χ4v) is 4.32. The van der Waals surface area contributed by atoms with E-state index in [9.17, 15) is 4.79 Å². The van der Waals surface area contributed by atoms with Gasteiger partial charge in [0, 0.05) is 18.5 Å². The van der Waals surface area contributed by atoms with Gasteiger partial charge in [-0.15, -0.1) is 5.10 Å². The predicted octanol–water partition coefficient (Wildman–Crippen LogP) is 2.36. The van der Waals surface area contributed by atoms with Crippen molar-refractivity contribution in [2.75, 3.05) is 37.7 Å². The van der Waals surface area contributed by atoms with Gasteiger partial charge in [-0.3, -0.25) is 4.79 Å². The molecule has 1 amide bonds. The van der Waals surface area contributed by atoms with Crippen LogP contribution in [0.4, 0.5) is 5.82 Å². The molecule has 0 saturated carbocycles. The lowest BCUT2D eigenvalue weighted by Gasteiger charge is -2.48. The van der Waals surface area contributed by atoms with Crippen LogP contribution in [0.2, 0.25) is 0 Å². The molecule has 25 heavy (non-hydrogen) atoms. The molecule has 4 heterocycles. The van der Waals surface area contributed by atoms with Gasteiger partial charge in [-0.1, -0.05) is 0 Å². The van der Waals surface area contributed by atoms with Crippen LogP contribution in [0, 0.1) is 6.92 Å². The SMILES string of the molecule is Cc1ccc(N2CCCC3(CN(C(=O)c4ccsc4)CCO3)C2)nn1. The Hall–Kier alpha value is -1.99. The summed E-state index contributed by atoms with van der Waals surface area (Å²) in [6.45, 7) is 5.51. The van der Waals surface area contributed by atoms with Crippen molar-refractivity contribution in [3.05, 3.63) is 40.2 Å². The van der Waals surface area contributed by atoms with E-state index in [0.29, 0.717) is 19.7 Å². The monoisotopic (exact) mass is 358 g/mol. The zero-order chi connectivity index (χ0) is 17.3. The van der Waals surface area contributed by atoms with Gasteiger partial charge in [0.05, 0.1) is 31.0 Å². The molecule has 1 atom stereocenters. The van der Waals surface area contributed by atoms with Gasteiger partial charge in [0.2, 0.25) is 0 Å². The molecular formula is C18H22N4O2S. The van der Waals surface area contributed by atoms with Crippen molar-refractivity contribution >= 4 is 23.1 Å². The largest absolute Gasteiger partial charge is 0.369 e. The summed E-state index contributed by atoms with van der Waals surface area (Å²) < 4.78 is 6.20. The molecule has 0 bridgehead atoms. The van der Waals surface area contributed by atoms with E-state index in [-0.39, 0.29) is 11.5 Å². The summed E-state index contributed by atoms with van der Waals surface area (Å²) in [6.07, 6.45) is 1.99. The second-order valence-electron chi connectivity index (χ2n) is 6.83. The number of amides is 1. The lowest BCUT2D eigenvalue weighted by atomic mass is 9.90. The van der Waals surface area contributed by atoms with Crippen LogP contribution >= 0.6 is 11.3 Å². The summed E-state index contributed by atoms with van der Waals surface area (Å²) in [5, 5.41) is 12.3. The Morgan fingerprint density at radius 3 is 2.92 bits per heavy atom. The van der Waals surface area contributed by atoms with Crippen molar-refractivity contribution in [3.8, 4) is 0 Å². The zero-order valence-corrected chi connectivity index (χ0v) is 15.2. The third-order valence-corrected chi connectivity index (χ3v) is 5.63. The minimum absolute atomic E-state index is 0.108. The smallest absolute Gasteiger partial charge is 0.254 e. The molecule has 2 fully saturated rings. The molecule has 4 rings (SSSR count). The Bertz CT molecular complexity index is 730. The first kappa shape index (κ1) is 16.5. The Labute approximate surface area is 151 Å². The average molecular weight is 358 g/mol. The Balaban J connectivity index is 1.50. The van der Waals surface area contributed by atoms with Crippen molar-refractivity contribution in [2.45, 2.75) is 25.4 Å². The average Bonchev–Trinajstić information content (AvgIpc) is 3.16. The summed E-state index contributed by atoms with van der Waals surface area (Å²) in [5.74, 6) is 0.991. The highest BCUT2D eigenvalue weighted by Crippen LogP contribution is 2.31. The number of hydrogen-bond donors (Lipinski definition) is 0. The summed E-state index contributed by atoms with van der Waals surface area (Å²) in [5.41, 5.74) is 1.38. The molecule has 6 nitrogen and oxygen atoms in total. The van der Waals surface area contributed by atoms with E-state index in [0.717, 1.165) is 43.0 Å². The minimum atomic E-state index is -0.311. The summed E-state index contributed by atoms with van der Waals surface area (Å²) in [6, 6.07) is 5.89. The van der Waals surface area contributed by atoms with Crippen LogP contribution in [-0.2, 0) is 4.74 Å². The van der Waals surface area contributed by atoms with Crippen molar-refractivity contribution in [1.29, 1.82) is 0 Å². The number of rotatable bonds is 2. The first-order chi connectivity index (χ1) is 12.2. The Kier molecular flexibility index (Phi) is 4.43. The molecular weight excluding hydrogens is 336 g/mol. The topological polar surface area (TPSA) is 58.6 Å². The highest BCUT2D eigenvalue weighted by Gasteiger charge is 2.42. The molecule has 2 saturated heterocycles. The fraction of sp³-hybridized carbons (Fsp3) is 0.500. The number of carbonyl (C=O) groups excluding carboxylic acids is 1. The van der Waals surface area contributed by atoms with Gasteiger partial charge < -0.3 is 14.5 Å². The number of nitrogens with zero attached hydrogens (tertiary/aromatic N) is 4. The Morgan fingerprint density at radius 1 is 1.24 bits per heavy atom. The van der Waals surface area contributed by atoms with Crippen molar-refractivity contribution in [2.24, 2.45) is 0 Å². The van der Waals surface area contributed by atoms with Crippen LogP contribution in [0.3, 0.4) is 0 Å². The van der Waals surface area contributed by atoms with Crippen LogP contribution < -0.4 is 4.90 Å². The first-order valence-electron chi connectivity index (χ1n) is 8.66. The summed E-state index contributed by atoms with van der Waals surface area (Å²) in [7, 11) is 0. The molecule has 2 aliphatic rings. The molecule has 1 spiro atoms. The van der Waals surface area contributed by atoms with Crippen LogP contribution in [0.1, 0.15) is 28.9 Å². The van der Waals surface area contributed by atoms with Gasteiger partial charge in [0.25, 0.3) is 5.91 Å². The maximum atomic E-state index is 12.7. The summed E-state index contributed by atoms with van der Waals surface area (Å²) in [4.78, 5) is 16.9. The van der Waals surface area contributed by atoms with Crippen molar-refractivity contribution in [1.82, 2.24) is 15.1 Å². The van der Waals surface area contributed by atoms with Gasteiger partial charge in [0.15, 0.2) is 5.82 Å². The van der Waals surface area contributed by atoms with Crippen LogP contribution in [-0.4, -0.2) is 59.4 Å². The quantitative estimate of drug-likeness (QED) is 0.825. The highest BCUT2D eigenvalue weighted by molar-refractivity contribution is 7.08. The maximum Gasteiger partial charge on any atom is 0.254 e. The molecule has 132 valence electrons. The van der Waals surface area contributed by atoms with Crippen LogP contribution in [0.5, 0.6) is 0 Å². The van der Waals surface area contributed by atoms with E-state index in [4.69, 9.17) is 4.74 Å². The molecule has 0 N–H and O–H groups in total. The lowest BCUT2D eigenvalue weighted by Crippen LogP contribution is -2.61. The standard InChI is InChI=1S/C18H22N4O2S/c1-14-3-4-16(20-19-14)21-7-2-6-18(12-21)13-22(8-9-24-18)17(23)15-5-10-25-11-15/h3-5,10-11H,2,6-9,12-13H2,1H3. The van der Waals surface area contributed by atoms with Crippen molar-refractivity contribution < 1.29 is 9.53 Å². The fourth-order valence-electron chi connectivity index (χ4n) is 3.69. The van der Waals surface area contributed by atoms with E-state index in [1.807, 2.05) is 40.8 Å². The van der Waals surface area contributed by atoms with Crippen molar-refractivity contribution in [3.63, 3.8) is 0 Å². The third kappa shape index (κ3) is 3.39. The normalized spacial score (nSPS) is 23.9. The van der Waals surface area contributed by atoms with Gasteiger partial charge in [-0.25, -0.2) is 0 Å². The molecule has 7 heteroatoms. The van der Waals surface area contributed by atoms with Gasteiger partial charge >= 0.3 is 0 Å². The molecule has 1 unspecified atom stereocenters. The summed E-state index contributed by atoms with van der Waals surface area (Å²) >= 11 is 1.56. The first-order valence-corrected chi connectivity index (χ1v) is 9.60. The number of thiophene rings is 1. The molecule has 0 aromatic carbocycles. The zero-order valence-electron chi connectivity index (χ0n) is 14.4. The molecule has 0 aliphatic carbocycles. The molecule has 2 aromatic rings. The van der Waals surface area contributed by atoms with Crippen LogP contribution in [0.15, 0.2) is 29.0 Å². The second kappa shape index (κ2) is 6.72. The van der Waals surface area contributed by atoms with E-state index < -0.39 is 0 Å². The number of ether oxygens (including phenoxy) is 1. The third-order valence-electron chi connectivity index (χ3n) is 4.95. The number of carbonyl (C=O) groups is 1. The molecule has 2 aliphatic heterocycles. The predicted molar refractivity (Wildman–Crippen MR) is 97.1 cm³/mol. The van der Waals surface area contributed by atoms with E-state index >= 15 is 0 Å². The van der Waals surface area contributed by atoms with Gasteiger partial charge in [0.1, 0.15) is 5.60 Å². The second-order valence-corrected chi connectivity index (χ2v) is 7.61.